The minimum atomic E-state index is -0.429. The summed E-state index contributed by atoms with van der Waals surface area (Å²) in [7, 11) is 0. The summed E-state index contributed by atoms with van der Waals surface area (Å²) in [6.45, 7) is 0.355. The van der Waals surface area contributed by atoms with E-state index in [0.717, 1.165) is 22.0 Å². The van der Waals surface area contributed by atoms with Crippen molar-refractivity contribution in [2.45, 2.75) is 6.54 Å². The maximum atomic E-state index is 12.1. The Morgan fingerprint density at radius 1 is 0.970 bits per heavy atom. The summed E-state index contributed by atoms with van der Waals surface area (Å²) in [5.41, 5.74) is 6.31. The van der Waals surface area contributed by atoms with E-state index in [9.17, 15) is 14.9 Å². The van der Waals surface area contributed by atoms with Crippen LogP contribution in [0.5, 0.6) is 0 Å². The van der Waals surface area contributed by atoms with Gasteiger partial charge in [0.25, 0.3) is 11.8 Å². The van der Waals surface area contributed by atoms with Crippen molar-refractivity contribution in [2.24, 2.45) is 5.10 Å². The summed E-state index contributed by atoms with van der Waals surface area (Å²) in [5.74, 6) is -0.752. The standard InChI is InChI=1S/C26H21N5O2/c27-14-20-10-4-5-11-21(20)17-31-18-22(23-12-6-7-13-24(23)31)15-29-30-25(32)16-28-26(33)19-8-2-1-3-9-19/h1-13,15,18H,16-17H2,(H,28,33)(H,30,32)/b29-15-. The molecular weight excluding hydrogens is 414 g/mol. The number of para-hydroxylation sites is 1. The fraction of sp³-hybridized carbons (Fsp3) is 0.0769. The lowest BCUT2D eigenvalue weighted by atomic mass is 10.1. The van der Waals surface area contributed by atoms with Gasteiger partial charge in [-0.2, -0.15) is 10.4 Å². The van der Waals surface area contributed by atoms with Crippen molar-refractivity contribution in [3.63, 3.8) is 0 Å². The van der Waals surface area contributed by atoms with E-state index in [1.165, 1.54) is 0 Å². The fourth-order valence-corrected chi connectivity index (χ4v) is 3.53. The van der Waals surface area contributed by atoms with E-state index in [1.807, 2.05) is 54.7 Å². The maximum Gasteiger partial charge on any atom is 0.259 e. The Bertz CT molecular complexity index is 1370. The average Bonchev–Trinajstić information content (AvgIpc) is 3.20. The first-order chi connectivity index (χ1) is 16.2. The van der Waals surface area contributed by atoms with Crippen LogP contribution >= 0.6 is 0 Å². The van der Waals surface area contributed by atoms with Crippen molar-refractivity contribution in [1.82, 2.24) is 15.3 Å². The summed E-state index contributed by atoms with van der Waals surface area (Å²) < 4.78 is 2.05. The van der Waals surface area contributed by atoms with Crippen molar-refractivity contribution in [3.8, 4) is 6.07 Å². The van der Waals surface area contributed by atoms with Crippen molar-refractivity contribution in [3.05, 3.63) is 107 Å². The van der Waals surface area contributed by atoms with Gasteiger partial charge in [0.05, 0.1) is 24.4 Å². The number of hydrogen-bond acceptors (Lipinski definition) is 4. The molecule has 0 aliphatic heterocycles. The summed E-state index contributed by atoms with van der Waals surface area (Å²) in [5, 5.41) is 17.0. The molecule has 0 aliphatic carbocycles. The number of hydrazone groups is 1. The van der Waals surface area contributed by atoms with Crippen molar-refractivity contribution in [1.29, 1.82) is 5.26 Å². The lowest BCUT2D eigenvalue weighted by Crippen LogP contribution is -2.34. The number of fused-ring (bicyclic) bond motifs is 1. The molecule has 0 spiro atoms. The van der Waals surface area contributed by atoms with Gasteiger partial charge in [-0.1, -0.05) is 54.6 Å². The maximum absolute atomic E-state index is 12.1. The topological polar surface area (TPSA) is 99.3 Å². The number of nitrogens with zero attached hydrogens (tertiary/aromatic N) is 3. The quantitative estimate of drug-likeness (QED) is 0.344. The molecule has 0 radical (unpaired) electrons. The van der Waals surface area contributed by atoms with Crippen LogP contribution in [-0.4, -0.2) is 29.1 Å². The summed E-state index contributed by atoms with van der Waals surface area (Å²) >= 11 is 0. The van der Waals surface area contributed by atoms with Gasteiger partial charge < -0.3 is 9.88 Å². The van der Waals surface area contributed by atoms with Crippen LogP contribution in [-0.2, 0) is 11.3 Å². The Morgan fingerprint density at radius 3 is 2.52 bits per heavy atom. The van der Waals surface area contributed by atoms with Crippen molar-refractivity contribution >= 4 is 28.9 Å². The number of carbonyl (C=O) groups is 2. The van der Waals surface area contributed by atoms with Crippen molar-refractivity contribution in [2.75, 3.05) is 6.54 Å². The molecular formula is C26H21N5O2. The normalized spacial score (nSPS) is 10.8. The van der Waals surface area contributed by atoms with Gasteiger partial charge in [-0.15, -0.1) is 0 Å². The molecule has 4 aromatic rings. The second-order valence-electron chi connectivity index (χ2n) is 7.34. The zero-order valence-electron chi connectivity index (χ0n) is 17.7. The summed E-state index contributed by atoms with van der Waals surface area (Å²) in [4.78, 5) is 24.1. The van der Waals surface area contributed by atoms with E-state index < -0.39 is 5.91 Å². The van der Waals surface area contributed by atoms with Gasteiger partial charge in [0, 0.05) is 34.8 Å². The van der Waals surface area contributed by atoms with Crippen LogP contribution in [0.15, 0.2) is 90.2 Å². The van der Waals surface area contributed by atoms with Gasteiger partial charge >= 0.3 is 0 Å². The number of aromatic nitrogens is 1. The molecule has 0 saturated heterocycles. The monoisotopic (exact) mass is 435 g/mol. The molecule has 0 atom stereocenters. The third-order valence-electron chi connectivity index (χ3n) is 5.14. The van der Waals surface area contributed by atoms with E-state index in [4.69, 9.17) is 0 Å². The van der Waals surface area contributed by atoms with Gasteiger partial charge in [-0.3, -0.25) is 9.59 Å². The Hall–Kier alpha value is -4.70. The van der Waals surface area contributed by atoms with Crippen LogP contribution in [0.25, 0.3) is 10.9 Å². The molecule has 7 nitrogen and oxygen atoms in total. The highest BCUT2D eigenvalue weighted by atomic mass is 16.2. The molecule has 0 fully saturated rings. The average molecular weight is 435 g/mol. The Balaban J connectivity index is 1.44. The van der Waals surface area contributed by atoms with E-state index in [2.05, 4.69) is 26.5 Å². The predicted octanol–water partition coefficient (Wildman–Crippen LogP) is 3.44. The third kappa shape index (κ3) is 5.14. The SMILES string of the molecule is N#Cc1ccccc1Cn1cc(/C=N\NC(=O)CNC(=O)c2ccccc2)c2ccccc21. The number of benzene rings is 3. The lowest BCUT2D eigenvalue weighted by Gasteiger charge is -2.07. The minimum Gasteiger partial charge on any atom is -0.343 e. The Morgan fingerprint density at radius 2 is 1.70 bits per heavy atom. The summed E-state index contributed by atoms with van der Waals surface area (Å²) in [6, 6.07) is 26.3. The van der Waals surface area contributed by atoms with Gasteiger partial charge in [0.1, 0.15) is 0 Å². The number of rotatable bonds is 7. The number of carbonyl (C=O) groups excluding carboxylic acids is 2. The zero-order valence-corrected chi connectivity index (χ0v) is 17.7. The molecule has 1 heterocycles. The molecule has 7 heteroatoms. The Kier molecular flexibility index (Phi) is 6.57. The van der Waals surface area contributed by atoms with Crippen LogP contribution < -0.4 is 10.7 Å². The molecule has 0 aliphatic rings. The highest BCUT2D eigenvalue weighted by molar-refractivity contribution is 6.00. The first-order valence-corrected chi connectivity index (χ1v) is 10.4. The zero-order chi connectivity index (χ0) is 23.0. The van der Waals surface area contributed by atoms with E-state index in [1.54, 1.807) is 36.5 Å². The van der Waals surface area contributed by atoms with Crippen LogP contribution in [0.4, 0.5) is 0 Å². The second kappa shape index (κ2) is 10.1. The van der Waals surface area contributed by atoms with Crippen LogP contribution in [0.3, 0.4) is 0 Å². The molecule has 0 saturated carbocycles. The molecule has 2 N–H and O–H groups in total. The highest BCUT2D eigenvalue weighted by Gasteiger charge is 2.10. The van der Waals surface area contributed by atoms with Gasteiger partial charge in [0.2, 0.25) is 0 Å². The third-order valence-corrected chi connectivity index (χ3v) is 5.14. The number of amides is 2. The molecule has 0 bridgehead atoms. The smallest absolute Gasteiger partial charge is 0.259 e. The first kappa shape index (κ1) is 21.5. The Labute approximate surface area is 191 Å². The number of hydrogen-bond donors (Lipinski definition) is 2. The molecule has 2 amide bonds. The first-order valence-electron chi connectivity index (χ1n) is 10.4. The van der Waals surface area contributed by atoms with Gasteiger partial charge in [0.15, 0.2) is 0 Å². The molecule has 33 heavy (non-hydrogen) atoms. The fourth-order valence-electron chi connectivity index (χ4n) is 3.53. The van der Waals surface area contributed by atoms with Crippen LogP contribution in [0, 0.1) is 11.3 Å². The second-order valence-corrected chi connectivity index (χ2v) is 7.34. The van der Waals surface area contributed by atoms with Gasteiger partial charge in [-0.05, 0) is 29.8 Å². The minimum absolute atomic E-state index is 0.183. The van der Waals surface area contributed by atoms with Crippen molar-refractivity contribution < 1.29 is 9.59 Å². The van der Waals surface area contributed by atoms with E-state index in [-0.39, 0.29) is 12.5 Å². The molecule has 4 rings (SSSR count). The largest absolute Gasteiger partial charge is 0.343 e. The predicted molar refractivity (Wildman–Crippen MR) is 127 cm³/mol. The molecule has 0 unspecified atom stereocenters. The number of nitriles is 1. The molecule has 162 valence electrons. The molecule has 1 aromatic heterocycles. The van der Waals surface area contributed by atoms with Crippen LogP contribution in [0.2, 0.25) is 0 Å². The lowest BCUT2D eigenvalue weighted by molar-refractivity contribution is -0.120. The van der Waals surface area contributed by atoms with Crippen LogP contribution in [0.1, 0.15) is 27.0 Å². The van der Waals surface area contributed by atoms with E-state index >= 15 is 0 Å². The number of nitrogens with one attached hydrogen (secondary N) is 2. The van der Waals surface area contributed by atoms with Gasteiger partial charge in [-0.25, -0.2) is 5.43 Å². The molecule has 3 aromatic carbocycles. The van der Waals surface area contributed by atoms with E-state index in [0.29, 0.717) is 17.7 Å². The summed E-state index contributed by atoms with van der Waals surface area (Å²) in [6.07, 6.45) is 3.51. The highest BCUT2D eigenvalue weighted by Crippen LogP contribution is 2.22.